The van der Waals surface area contributed by atoms with Gasteiger partial charge in [-0.1, -0.05) is 52.9 Å². The molecular formula is C27H24IN5O3S. The molecule has 0 bridgehead atoms. The number of carbonyl (C=O) groups is 1. The first-order valence-electron chi connectivity index (χ1n) is 11.6. The summed E-state index contributed by atoms with van der Waals surface area (Å²) in [5.41, 5.74) is 3.74. The lowest BCUT2D eigenvalue weighted by atomic mass is 10.0. The minimum absolute atomic E-state index is 0.164. The Morgan fingerprint density at radius 1 is 1.11 bits per heavy atom. The summed E-state index contributed by atoms with van der Waals surface area (Å²) in [6.45, 7) is 4.41. The number of aromatic nitrogens is 4. The van der Waals surface area contributed by atoms with E-state index in [-0.39, 0.29) is 5.91 Å². The molecule has 5 rings (SSSR count). The molecule has 0 aliphatic rings. The maximum Gasteiger partial charge on any atom is 0.253 e. The fourth-order valence-corrected chi connectivity index (χ4v) is 5.25. The van der Waals surface area contributed by atoms with Crippen LogP contribution in [0.3, 0.4) is 0 Å². The molecule has 0 aliphatic carbocycles. The number of nitrogens with zero attached hydrogens (tertiary/aromatic N) is 5. The van der Waals surface area contributed by atoms with Gasteiger partial charge in [0.2, 0.25) is 17.7 Å². The van der Waals surface area contributed by atoms with E-state index < -0.39 is 3.42 Å². The first-order valence-corrected chi connectivity index (χ1v) is 13.5. The molecule has 8 nitrogen and oxygen atoms in total. The summed E-state index contributed by atoms with van der Waals surface area (Å²) in [5, 5.41) is 11.6. The van der Waals surface area contributed by atoms with Crippen molar-refractivity contribution in [3.05, 3.63) is 94.1 Å². The van der Waals surface area contributed by atoms with Crippen LogP contribution in [0.15, 0.2) is 75.2 Å². The van der Waals surface area contributed by atoms with E-state index in [2.05, 4.69) is 61.8 Å². The van der Waals surface area contributed by atoms with Crippen molar-refractivity contribution in [1.82, 2.24) is 25.1 Å². The third kappa shape index (κ3) is 5.80. The molecule has 0 saturated heterocycles. The van der Waals surface area contributed by atoms with E-state index in [0.29, 0.717) is 40.9 Å². The third-order valence-electron chi connectivity index (χ3n) is 5.77. The van der Waals surface area contributed by atoms with Crippen LogP contribution in [0.5, 0.6) is 0 Å². The highest BCUT2D eigenvalue weighted by molar-refractivity contribution is 14.1. The number of oxazole rings is 1. The van der Waals surface area contributed by atoms with Crippen molar-refractivity contribution >= 4 is 39.8 Å². The van der Waals surface area contributed by atoms with Crippen LogP contribution in [0.25, 0.3) is 22.9 Å². The monoisotopic (exact) mass is 625 g/mol. The van der Waals surface area contributed by atoms with E-state index >= 15 is 0 Å². The number of aryl methyl sites for hydroxylation is 1. The second-order valence-electron chi connectivity index (χ2n) is 8.93. The number of hydrogen-bond donors (Lipinski definition) is 0. The molecule has 2 aromatic carbocycles. The highest BCUT2D eigenvalue weighted by Crippen LogP contribution is 2.36. The third-order valence-corrected chi connectivity index (χ3v) is 7.43. The predicted octanol–water partition coefficient (Wildman–Crippen LogP) is 6.32. The molecule has 0 saturated carbocycles. The standard InChI is InChI=1S/C27H24IN5O3S/c1-17-30-22(16-37-17)15-33(3)25(34)21-12-19(23-29-9-10-35-23)11-20(13-21)24-31-32-26(36-24)27(2,28)14-18-7-5-4-6-8-18/h4-13,16H,14-15H2,1-3H3/t27-/m1/s1. The molecule has 0 N–H and O–H groups in total. The maximum absolute atomic E-state index is 13.4. The van der Waals surface area contributed by atoms with Gasteiger partial charge in [-0.3, -0.25) is 4.79 Å². The van der Waals surface area contributed by atoms with Crippen molar-refractivity contribution in [2.75, 3.05) is 7.05 Å². The van der Waals surface area contributed by atoms with Gasteiger partial charge < -0.3 is 13.7 Å². The van der Waals surface area contributed by atoms with Gasteiger partial charge in [-0.05, 0) is 44.0 Å². The summed E-state index contributed by atoms with van der Waals surface area (Å²) >= 11 is 3.90. The highest BCUT2D eigenvalue weighted by atomic mass is 127. The summed E-state index contributed by atoms with van der Waals surface area (Å²) < 4.78 is 11.3. The summed E-state index contributed by atoms with van der Waals surface area (Å²) in [4.78, 5) is 23.8. The number of amides is 1. The normalized spacial score (nSPS) is 12.9. The van der Waals surface area contributed by atoms with E-state index in [4.69, 9.17) is 8.83 Å². The van der Waals surface area contributed by atoms with Gasteiger partial charge >= 0.3 is 0 Å². The van der Waals surface area contributed by atoms with Crippen LogP contribution in [0.4, 0.5) is 0 Å². The number of rotatable bonds is 8. The molecule has 0 fully saturated rings. The van der Waals surface area contributed by atoms with Crippen LogP contribution in [-0.2, 0) is 16.4 Å². The fraction of sp³-hybridized carbons (Fsp3) is 0.222. The topological polar surface area (TPSA) is 98.2 Å². The second kappa shape index (κ2) is 10.5. The zero-order valence-electron chi connectivity index (χ0n) is 20.5. The lowest BCUT2D eigenvalue weighted by Crippen LogP contribution is -2.26. The van der Waals surface area contributed by atoms with Crippen LogP contribution in [0, 0.1) is 6.92 Å². The molecule has 3 aromatic heterocycles. The SMILES string of the molecule is Cc1nc(CN(C)C(=O)c2cc(-c3ncco3)cc(-c3nnc([C@](C)(I)Cc4ccccc4)o3)c2)cs1. The summed E-state index contributed by atoms with van der Waals surface area (Å²) in [6.07, 6.45) is 3.79. The molecule has 10 heteroatoms. The molecule has 37 heavy (non-hydrogen) atoms. The highest BCUT2D eigenvalue weighted by Gasteiger charge is 2.30. The molecule has 5 aromatic rings. The van der Waals surface area contributed by atoms with Gasteiger partial charge in [0.05, 0.1) is 23.4 Å². The maximum atomic E-state index is 13.4. The van der Waals surface area contributed by atoms with E-state index in [9.17, 15) is 4.79 Å². The van der Waals surface area contributed by atoms with Crippen LogP contribution in [-0.4, -0.2) is 38.0 Å². The summed E-state index contributed by atoms with van der Waals surface area (Å²) in [7, 11) is 1.75. The Morgan fingerprint density at radius 2 is 1.86 bits per heavy atom. The molecule has 1 atom stereocenters. The van der Waals surface area contributed by atoms with Crippen molar-refractivity contribution in [1.29, 1.82) is 0 Å². The molecule has 1 amide bonds. The van der Waals surface area contributed by atoms with Crippen LogP contribution in [0.1, 0.15) is 39.4 Å². The molecular weight excluding hydrogens is 601 g/mol. The van der Waals surface area contributed by atoms with Gasteiger partial charge in [0, 0.05) is 29.1 Å². The molecule has 3 heterocycles. The molecule has 0 spiro atoms. The Labute approximate surface area is 231 Å². The van der Waals surface area contributed by atoms with Crippen LogP contribution >= 0.6 is 33.9 Å². The van der Waals surface area contributed by atoms with Crippen molar-refractivity contribution in [3.63, 3.8) is 0 Å². The minimum Gasteiger partial charge on any atom is -0.445 e. The zero-order chi connectivity index (χ0) is 26.0. The van der Waals surface area contributed by atoms with Gasteiger partial charge in [-0.15, -0.1) is 21.5 Å². The number of halogens is 1. The summed E-state index contributed by atoms with van der Waals surface area (Å²) in [6, 6.07) is 15.5. The number of thiazole rings is 1. The molecule has 0 radical (unpaired) electrons. The Morgan fingerprint density at radius 3 is 2.54 bits per heavy atom. The Bertz CT molecular complexity index is 1510. The molecule has 0 aliphatic heterocycles. The average molecular weight is 625 g/mol. The molecule has 0 unspecified atom stereocenters. The Kier molecular flexibility index (Phi) is 7.20. The number of alkyl halides is 1. The Balaban J connectivity index is 1.47. The Hall–Kier alpha value is -3.38. The van der Waals surface area contributed by atoms with Crippen LogP contribution < -0.4 is 0 Å². The number of benzene rings is 2. The lowest BCUT2D eigenvalue weighted by Gasteiger charge is -2.18. The van der Waals surface area contributed by atoms with Crippen LogP contribution in [0.2, 0.25) is 0 Å². The van der Waals surface area contributed by atoms with Gasteiger partial charge in [0.15, 0.2) is 0 Å². The largest absolute Gasteiger partial charge is 0.445 e. The van der Waals surface area contributed by atoms with Crippen molar-refractivity contribution in [3.8, 4) is 22.9 Å². The second-order valence-corrected chi connectivity index (χ2v) is 12.4. The van der Waals surface area contributed by atoms with Crippen molar-refractivity contribution in [2.24, 2.45) is 0 Å². The smallest absolute Gasteiger partial charge is 0.253 e. The lowest BCUT2D eigenvalue weighted by molar-refractivity contribution is 0.0783. The van der Waals surface area contributed by atoms with Gasteiger partial charge in [-0.2, -0.15) is 0 Å². The summed E-state index contributed by atoms with van der Waals surface area (Å²) in [5.74, 6) is 1.07. The van der Waals surface area contributed by atoms with Gasteiger partial charge in [-0.25, -0.2) is 9.97 Å². The van der Waals surface area contributed by atoms with E-state index in [0.717, 1.165) is 17.1 Å². The van der Waals surface area contributed by atoms with E-state index in [1.54, 1.807) is 41.6 Å². The quantitative estimate of drug-likeness (QED) is 0.147. The minimum atomic E-state index is -0.408. The van der Waals surface area contributed by atoms with E-state index in [1.165, 1.54) is 11.8 Å². The number of hydrogen-bond acceptors (Lipinski definition) is 8. The van der Waals surface area contributed by atoms with E-state index in [1.807, 2.05) is 36.6 Å². The zero-order valence-corrected chi connectivity index (χ0v) is 23.5. The van der Waals surface area contributed by atoms with Gasteiger partial charge in [0.1, 0.15) is 9.68 Å². The van der Waals surface area contributed by atoms with Crippen molar-refractivity contribution in [2.45, 2.75) is 30.2 Å². The first-order chi connectivity index (χ1) is 17.8. The fourth-order valence-electron chi connectivity index (χ4n) is 3.99. The van der Waals surface area contributed by atoms with Gasteiger partial charge in [0.25, 0.3) is 5.91 Å². The number of carbonyl (C=O) groups excluding carboxylic acids is 1. The van der Waals surface area contributed by atoms with Crippen molar-refractivity contribution < 1.29 is 13.6 Å². The first kappa shape index (κ1) is 25.3. The molecule has 188 valence electrons. The predicted molar refractivity (Wildman–Crippen MR) is 149 cm³/mol. The average Bonchev–Trinajstić information content (AvgIpc) is 3.66.